The molecule has 0 aliphatic carbocycles. The average molecular weight is 276 g/mol. The van der Waals surface area contributed by atoms with E-state index in [2.05, 4.69) is 29.2 Å². The third kappa shape index (κ3) is 3.87. The predicted molar refractivity (Wildman–Crippen MR) is 76.8 cm³/mol. The van der Waals surface area contributed by atoms with E-state index in [0.717, 1.165) is 37.1 Å². The fraction of sp³-hybridized carbons (Fsp3) is 0.467. The molecule has 0 aliphatic rings. The molecule has 0 aliphatic heterocycles. The van der Waals surface area contributed by atoms with Crippen LogP contribution in [0.15, 0.2) is 30.9 Å². The molecule has 5 heteroatoms. The van der Waals surface area contributed by atoms with Gasteiger partial charge in [-0.15, -0.1) is 0 Å². The molecule has 0 saturated carbocycles. The normalized spacial score (nSPS) is 12.6. The minimum absolute atomic E-state index is 0.0626. The number of nitrogens with zero attached hydrogens (tertiary/aromatic N) is 3. The zero-order valence-electron chi connectivity index (χ0n) is 12.0. The van der Waals surface area contributed by atoms with Crippen molar-refractivity contribution in [1.82, 2.24) is 20.1 Å². The van der Waals surface area contributed by atoms with Gasteiger partial charge >= 0.3 is 0 Å². The Hall–Kier alpha value is -1.75. The van der Waals surface area contributed by atoms with Crippen molar-refractivity contribution >= 4 is 0 Å². The number of aromatic nitrogens is 3. The monoisotopic (exact) mass is 276 g/mol. The topological polar surface area (TPSA) is 42.7 Å². The third-order valence-electron chi connectivity index (χ3n) is 3.22. The summed E-state index contributed by atoms with van der Waals surface area (Å²) in [5.74, 6) is -0.296. The molecule has 1 N–H and O–H groups in total. The van der Waals surface area contributed by atoms with Crippen LogP contribution in [0.25, 0.3) is 0 Å². The summed E-state index contributed by atoms with van der Waals surface area (Å²) >= 11 is 0. The highest BCUT2D eigenvalue weighted by atomic mass is 19.1. The quantitative estimate of drug-likeness (QED) is 0.845. The van der Waals surface area contributed by atoms with Gasteiger partial charge in [0.1, 0.15) is 5.82 Å². The number of nitrogens with one attached hydrogen (secondary N) is 1. The first-order valence-electron chi connectivity index (χ1n) is 7.08. The molecule has 1 atom stereocenters. The maximum absolute atomic E-state index is 13.3. The summed E-state index contributed by atoms with van der Waals surface area (Å²) in [5.41, 5.74) is 2.02. The van der Waals surface area contributed by atoms with E-state index in [-0.39, 0.29) is 11.9 Å². The lowest BCUT2D eigenvalue weighted by atomic mass is 10.0. The number of halogens is 1. The second-order valence-electron chi connectivity index (χ2n) is 4.85. The molecule has 0 radical (unpaired) electrons. The molecular formula is C15H21FN4. The molecule has 2 rings (SSSR count). The lowest BCUT2D eigenvalue weighted by molar-refractivity contribution is 0.521. The first kappa shape index (κ1) is 14.7. The van der Waals surface area contributed by atoms with E-state index in [1.165, 1.54) is 6.20 Å². The van der Waals surface area contributed by atoms with Crippen LogP contribution in [0.1, 0.15) is 37.4 Å². The molecule has 4 nitrogen and oxygen atoms in total. The summed E-state index contributed by atoms with van der Waals surface area (Å²) in [6.07, 6.45) is 8.68. The SMILES string of the molecule is CCCNC(Cc1cnn(CC)c1)c1cncc(F)c1. The van der Waals surface area contributed by atoms with Gasteiger partial charge in [0.2, 0.25) is 0 Å². The number of pyridine rings is 1. The highest BCUT2D eigenvalue weighted by Gasteiger charge is 2.13. The Balaban J connectivity index is 2.14. The standard InChI is InChI=1S/C15H21FN4/c1-3-5-18-15(13-7-14(16)10-17-9-13)6-12-8-19-20(4-2)11-12/h7-11,15,18H,3-6H2,1-2H3. The van der Waals surface area contributed by atoms with Crippen molar-refractivity contribution in [3.05, 3.63) is 47.8 Å². The molecule has 2 aromatic rings. The molecule has 108 valence electrons. The van der Waals surface area contributed by atoms with Crippen LogP contribution in [-0.4, -0.2) is 21.3 Å². The average Bonchev–Trinajstić information content (AvgIpc) is 2.91. The van der Waals surface area contributed by atoms with Crippen LogP contribution in [-0.2, 0) is 13.0 Å². The smallest absolute Gasteiger partial charge is 0.141 e. The van der Waals surface area contributed by atoms with Gasteiger partial charge in [-0.2, -0.15) is 5.10 Å². The minimum atomic E-state index is -0.296. The van der Waals surface area contributed by atoms with Crippen LogP contribution >= 0.6 is 0 Å². The van der Waals surface area contributed by atoms with Gasteiger partial charge < -0.3 is 5.32 Å². The second kappa shape index (κ2) is 7.14. The van der Waals surface area contributed by atoms with Gasteiger partial charge in [0, 0.05) is 25.0 Å². The Labute approximate surface area is 119 Å². The van der Waals surface area contributed by atoms with Crippen molar-refractivity contribution in [3.63, 3.8) is 0 Å². The summed E-state index contributed by atoms with van der Waals surface area (Å²) < 4.78 is 15.2. The minimum Gasteiger partial charge on any atom is -0.310 e. The van der Waals surface area contributed by atoms with Gasteiger partial charge in [-0.25, -0.2) is 4.39 Å². The Morgan fingerprint density at radius 3 is 2.80 bits per heavy atom. The van der Waals surface area contributed by atoms with Crippen LogP contribution in [0.2, 0.25) is 0 Å². The number of rotatable bonds is 7. The molecule has 0 aromatic carbocycles. The highest BCUT2D eigenvalue weighted by Crippen LogP contribution is 2.18. The van der Waals surface area contributed by atoms with E-state index in [9.17, 15) is 4.39 Å². The van der Waals surface area contributed by atoms with Crippen molar-refractivity contribution in [1.29, 1.82) is 0 Å². The predicted octanol–water partition coefficient (Wildman–Crippen LogP) is 2.72. The fourth-order valence-corrected chi connectivity index (χ4v) is 2.17. The van der Waals surface area contributed by atoms with Crippen molar-refractivity contribution < 1.29 is 4.39 Å². The molecule has 1 unspecified atom stereocenters. The lowest BCUT2D eigenvalue weighted by Crippen LogP contribution is -2.24. The molecule has 0 spiro atoms. The first-order valence-corrected chi connectivity index (χ1v) is 7.08. The molecule has 2 heterocycles. The number of hydrogen-bond acceptors (Lipinski definition) is 3. The van der Waals surface area contributed by atoms with Crippen molar-refractivity contribution in [2.75, 3.05) is 6.54 Å². The van der Waals surface area contributed by atoms with E-state index in [4.69, 9.17) is 0 Å². The second-order valence-corrected chi connectivity index (χ2v) is 4.85. The van der Waals surface area contributed by atoms with Crippen molar-refractivity contribution in [2.24, 2.45) is 0 Å². The molecule has 2 aromatic heterocycles. The van der Waals surface area contributed by atoms with Gasteiger partial charge in [0.25, 0.3) is 0 Å². The van der Waals surface area contributed by atoms with Crippen LogP contribution in [0.5, 0.6) is 0 Å². The van der Waals surface area contributed by atoms with E-state index in [1.54, 1.807) is 12.3 Å². The summed E-state index contributed by atoms with van der Waals surface area (Å²) in [6, 6.07) is 1.61. The fourth-order valence-electron chi connectivity index (χ4n) is 2.17. The van der Waals surface area contributed by atoms with E-state index in [1.807, 2.05) is 17.1 Å². The Morgan fingerprint density at radius 1 is 1.30 bits per heavy atom. The van der Waals surface area contributed by atoms with Gasteiger partial charge in [-0.3, -0.25) is 9.67 Å². The van der Waals surface area contributed by atoms with Crippen LogP contribution in [0.3, 0.4) is 0 Å². The van der Waals surface area contributed by atoms with Crippen molar-refractivity contribution in [3.8, 4) is 0 Å². The molecular weight excluding hydrogens is 255 g/mol. The molecule has 0 bridgehead atoms. The van der Waals surface area contributed by atoms with Gasteiger partial charge in [-0.1, -0.05) is 6.92 Å². The summed E-state index contributed by atoms with van der Waals surface area (Å²) in [4.78, 5) is 3.94. The molecule has 0 fully saturated rings. The summed E-state index contributed by atoms with van der Waals surface area (Å²) in [6.45, 7) is 5.92. The van der Waals surface area contributed by atoms with E-state index >= 15 is 0 Å². The summed E-state index contributed by atoms with van der Waals surface area (Å²) in [5, 5.41) is 7.72. The van der Waals surface area contributed by atoms with Crippen LogP contribution in [0.4, 0.5) is 4.39 Å². The summed E-state index contributed by atoms with van der Waals surface area (Å²) in [7, 11) is 0. The molecule has 0 saturated heterocycles. The Bertz CT molecular complexity index is 538. The maximum Gasteiger partial charge on any atom is 0.141 e. The van der Waals surface area contributed by atoms with Gasteiger partial charge in [0.05, 0.1) is 12.4 Å². The van der Waals surface area contributed by atoms with Crippen LogP contribution < -0.4 is 5.32 Å². The van der Waals surface area contributed by atoms with Crippen molar-refractivity contribution in [2.45, 2.75) is 39.3 Å². The van der Waals surface area contributed by atoms with E-state index < -0.39 is 0 Å². The van der Waals surface area contributed by atoms with E-state index in [0.29, 0.717) is 0 Å². The number of aryl methyl sites for hydroxylation is 1. The van der Waals surface area contributed by atoms with Crippen LogP contribution in [0, 0.1) is 5.82 Å². The maximum atomic E-state index is 13.3. The first-order chi connectivity index (χ1) is 9.72. The van der Waals surface area contributed by atoms with Gasteiger partial charge in [-0.05, 0) is 43.5 Å². The Kier molecular flexibility index (Phi) is 5.24. The molecule has 20 heavy (non-hydrogen) atoms. The number of hydrogen-bond donors (Lipinski definition) is 1. The largest absolute Gasteiger partial charge is 0.310 e. The zero-order valence-corrected chi connectivity index (χ0v) is 12.0. The lowest BCUT2D eigenvalue weighted by Gasteiger charge is -2.18. The highest BCUT2D eigenvalue weighted by molar-refractivity contribution is 5.19. The Morgan fingerprint density at radius 2 is 2.15 bits per heavy atom. The zero-order chi connectivity index (χ0) is 14.4. The molecule has 0 amide bonds. The van der Waals surface area contributed by atoms with Gasteiger partial charge in [0.15, 0.2) is 0 Å². The third-order valence-corrected chi connectivity index (χ3v) is 3.22.